The average molecular weight is 387 g/mol. The average Bonchev–Trinajstić information content (AvgIpc) is 2.69. The highest BCUT2D eigenvalue weighted by Crippen LogP contribution is 2.31. The number of rotatable bonds is 5. The number of hydrogen-bond acceptors (Lipinski definition) is 4. The first kappa shape index (κ1) is 19.7. The molecule has 1 N–H and O–H groups in total. The van der Waals surface area contributed by atoms with Gasteiger partial charge >= 0.3 is 5.97 Å². The van der Waals surface area contributed by atoms with Gasteiger partial charge in [0.05, 0.1) is 29.7 Å². The Balaban J connectivity index is 2.36. The van der Waals surface area contributed by atoms with E-state index in [1.54, 1.807) is 26.0 Å². The van der Waals surface area contributed by atoms with Crippen molar-refractivity contribution in [1.29, 1.82) is 0 Å². The van der Waals surface area contributed by atoms with E-state index in [2.05, 4.69) is 0 Å². The van der Waals surface area contributed by atoms with Gasteiger partial charge in [-0.25, -0.2) is 13.6 Å². The number of nitrogens with zero attached hydrogens (tertiary/aromatic N) is 1. The quantitative estimate of drug-likeness (QED) is 0.679. The maximum atomic E-state index is 15.4. The Morgan fingerprint density at radius 2 is 1.96 bits per heavy atom. The lowest BCUT2D eigenvalue weighted by molar-refractivity contribution is 0.0524. The summed E-state index contributed by atoms with van der Waals surface area (Å²) in [6.07, 6.45) is 1.23. The Labute approximate surface area is 159 Å². The molecule has 3 rings (SSSR count). The van der Waals surface area contributed by atoms with Gasteiger partial charge in [0.15, 0.2) is 5.82 Å². The zero-order chi connectivity index (χ0) is 20.4. The Morgan fingerprint density at radius 1 is 1.21 bits per heavy atom. The van der Waals surface area contributed by atoms with Crippen LogP contribution < -0.4 is 5.43 Å². The summed E-state index contributed by atoms with van der Waals surface area (Å²) < 4.78 is 36.5. The molecule has 1 aromatic heterocycles. The molecule has 0 atom stereocenters. The molecule has 0 fully saturated rings. The summed E-state index contributed by atoms with van der Waals surface area (Å²) in [5.41, 5.74) is -0.703. The van der Waals surface area contributed by atoms with E-state index < -0.39 is 23.0 Å². The van der Waals surface area contributed by atoms with Crippen LogP contribution >= 0.6 is 0 Å². The fourth-order valence-corrected chi connectivity index (χ4v) is 3.18. The summed E-state index contributed by atoms with van der Waals surface area (Å²) in [6.45, 7) is 3.37. The first-order valence-corrected chi connectivity index (χ1v) is 8.85. The normalized spacial score (nSPS) is 11.0. The van der Waals surface area contributed by atoms with E-state index in [-0.39, 0.29) is 47.4 Å². The standard InChI is InChI=1S/C21H19F2NO4/c1-3-24-10-15(21(27)28-4-2)20(26)14-9-16(22)17(18(23)19(14)24)13-7-5-6-12(8-13)11-25/h5-10,25H,3-4,11H2,1-2H3. The summed E-state index contributed by atoms with van der Waals surface area (Å²) in [5.74, 6) is -2.67. The monoisotopic (exact) mass is 387 g/mol. The van der Waals surface area contributed by atoms with E-state index in [1.165, 1.54) is 22.9 Å². The number of aromatic nitrogens is 1. The van der Waals surface area contributed by atoms with E-state index >= 15 is 4.39 Å². The number of esters is 1. The predicted molar refractivity (Wildman–Crippen MR) is 101 cm³/mol. The summed E-state index contributed by atoms with van der Waals surface area (Å²) in [5, 5.41) is 9.06. The van der Waals surface area contributed by atoms with Crippen molar-refractivity contribution in [2.45, 2.75) is 27.0 Å². The number of carbonyl (C=O) groups is 1. The number of halogens is 2. The second-order valence-corrected chi connectivity index (χ2v) is 6.18. The van der Waals surface area contributed by atoms with Crippen LogP contribution in [0.2, 0.25) is 0 Å². The van der Waals surface area contributed by atoms with Gasteiger partial charge in [-0.1, -0.05) is 18.2 Å². The van der Waals surface area contributed by atoms with Gasteiger partial charge in [-0.05, 0) is 37.1 Å². The molecule has 0 bridgehead atoms. The second kappa shape index (κ2) is 7.90. The molecular formula is C21H19F2NO4. The second-order valence-electron chi connectivity index (χ2n) is 6.18. The summed E-state index contributed by atoms with van der Waals surface area (Å²) >= 11 is 0. The van der Waals surface area contributed by atoms with E-state index in [1.807, 2.05) is 0 Å². The van der Waals surface area contributed by atoms with Gasteiger partial charge < -0.3 is 14.4 Å². The Kier molecular flexibility index (Phi) is 5.56. The molecule has 146 valence electrons. The fourth-order valence-electron chi connectivity index (χ4n) is 3.18. The van der Waals surface area contributed by atoms with E-state index in [4.69, 9.17) is 4.74 Å². The van der Waals surface area contributed by atoms with Crippen LogP contribution in [-0.4, -0.2) is 22.2 Å². The minimum Gasteiger partial charge on any atom is -0.462 e. The number of hydrogen-bond donors (Lipinski definition) is 1. The van der Waals surface area contributed by atoms with Gasteiger partial charge in [-0.15, -0.1) is 0 Å². The van der Waals surface area contributed by atoms with Crippen LogP contribution in [0.3, 0.4) is 0 Å². The molecule has 0 aliphatic rings. The molecule has 28 heavy (non-hydrogen) atoms. The number of pyridine rings is 1. The van der Waals surface area contributed by atoms with Crippen LogP contribution in [0.1, 0.15) is 29.8 Å². The highest BCUT2D eigenvalue weighted by Gasteiger charge is 2.23. The zero-order valence-corrected chi connectivity index (χ0v) is 15.5. The van der Waals surface area contributed by atoms with Crippen LogP contribution in [0, 0.1) is 11.6 Å². The van der Waals surface area contributed by atoms with Gasteiger partial charge in [0.1, 0.15) is 11.4 Å². The molecule has 0 radical (unpaired) electrons. The van der Waals surface area contributed by atoms with Crippen molar-refractivity contribution in [3.05, 3.63) is 69.5 Å². The molecule has 0 unspecified atom stereocenters. The molecule has 0 spiro atoms. The van der Waals surface area contributed by atoms with Crippen molar-refractivity contribution in [3.63, 3.8) is 0 Å². The first-order valence-electron chi connectivity index (χ1n) is 8.85. The van der Waals surface area contributed by atoms with Gasteiger partial charge in [0.25, 0.3) is 0 Å². The first-order chi connectivity index (χ1) is 13.4. The third-order valence-corrected chi connectivity index (χ3v) is 4.49. The largest absolute Gasteiger partial charge is 0.462 e. The maximum absolute atomic E-state index is 15.4. The van der Waals surface area contributed by atoms with Crippen molar-refractivity contribution in [1.82, 2.24) is 4.57 Å². The van der Waals surface area contributed by atoms with Crippen molar-refractivity contribution in [2.75, 3.05) is 6.61 Å². The number of aliphatic hydroxyl groups excluding tert-OH is 1. The lowest BCUT2D eigenvalue weighted by Gasteiger charge is -2.15. The highest BCUT2D eigenvalue weighted by atomic mass is 19.1. The van der Waals surface area contributed by atoms with E-state index in [0.717, 1.165) is 6.07 Å². The molecule has 0 saturated carbocycles. The van der Waals surface area contributed by atoms with Crippen LogP contribution in [0.25, 0.3) is 22.0 Å². The summed E-state index contributed by atoms with van der Waals surface area (Å²) in [6, 6.07) is 7.16. The number of fused-ring (bicyclic) bond motifs is 1. The van der Waals surface area contributed by atoms with E-state index in [9.17, 15) is 19.1 Å². The Morgan fingerprint density at radius 3 is 2.61 bits per heavy atom. The van der Waals surface area contributed by atoms with Crippen molar-refractivity contribution < 1.29 is 23.4 Å². The smallest absolute Gasteiger partial charge is 0.343 e. The topological polar surface area (TPSA) is 68.5 Å². The molecule has 0 aliphatic carbocycles. The maximum Gasteiger partial charge on any atom is 0.343 e. The van der Waals surface area contributed by atoms with Crippen molar-refractivity contribution in [3.8, 4) is 11.1 Å². The van der Waals surface area contributed by atoms with Gasteiger partial charge in [-0.3, -0.25) is 4.79 Å². The lowest BCUT2D eigenvalue weighted by Crippen LogP contribution is -2.21. The van der Waals surface area contributed by atoms with Gasteiger partial charge in [0.2, 0.25) is 5.43 Å². The zero-order valence-electron chi connectivity index (χ0n) is 15.5. The SMILES string of the molecule is CCOC(=O)c1cn(CC)c2c(F)c(-c3cccc(CO)c3)c(F)cc2c1=O. The minimum atomic E-state index is -0.930. The third-order valence-electron chi connectivity index (χ3n) is 4.49. The predicted octanol–water partition coefficient (Wildman–Crippen LogP) is 3.64. The van der Waals surface area contributed by atoms with Crippen molar-refractivity contribution >= 4 is 16.9 Å². The molecule has 1 heterocycles. The molecule has 0 amide bonds. The number of benzene rings is 2. The van der Waals surface area contributed by atoms with Crippen LogP contribution in [0.15, 0.2) is 41.3 Å². The molecule has 3 aromatic rings. The van der Waals surface area contributed by atoms with Gasteiger partial charge in [0, 0.05) is 12.7 Å². The molecule has 7 heteroatoms. The molecule has 0 aliphatic heterocycles. The summed E-state index contributed by atoms with van der Waals surface area (Å²) in [4.78, 5) is 24.7. The number of ether oxygens (including phenoxy) is 1. The molecule has 0 saturated heterocycles. The van der Waals surface area contributed by atoms with Crippen LogP contribution in [0.4, 0.5) is 8.78 Å². The fraction of sp³-hybridized carbons (Fsp3) is 0.238. The van der Waals surface area contributed by atoms with Crippen LogP contribution in [-0.2, 0) is 17.9 Å². The summed E-state index contributed by atoms with van der Waals surface area (Å²) in [7, 11) is 0. The third kappa shape index (κ3) is 3.29. The molecule has 2 aromatic carbocycles. The number of carbonyl (C=O) groups excluding carboxylic acids is 1. The lowest BCUT2D eigenvalue weighted by atomic mass is 9.99. The van der Waals surface area contributed by atoms with E-state index in [0.29, 0.717) is 5.56 Å². The molecule has 5 nitrogen and oxygen atoms in total. The van der Waals surface area contributed by atoms with Gasteiger partial charge in [-0.2, -0.15) is 0 Å². The number of aliphatic hydroxyl groups is 1. The highest BCUT2D eigenvalue weighted by molar-refractivity contribution is 5.95. The Bertz CT molecular complexity index is 1120. The molecular weight excluding hydrogens is 368 g/mol. The minimum absolute atomic E-state index is 0.0747. The van der Waals surface area contributed by atoms with Crippen LogP contribution in [0.5, 0.6) is 0 Å². The number of aryl methyl sites for hydroxylation is 1. The Hall–Kier alpha value is -3.06. The van der Waals surface area contributed by atoms with Crippen molar-refractivity contribution in [2.24, 2.45) is 0 Å².